The van der Waals surface area contributed by atoms with Crippen LogP contribution in [0.4, 0.5) is 0 Å². The zero-order chi connectivity index (χ0) is 29.1. The molecule has 0 spiro atoms. The van der Waals surface area contributed by atoms with Crippen LogP contribution in [0.1, 0.15) is 93.9 Å². The van der Waals surface area contributed by atoms with Crippen molar-refractivity contribution in [3.05, 3.63) is 23.8 Å². The number of rotatable bonds is 12. The summed E-state index contributed by atoms with van der Waals surface area (Å²) in [6.07, 6.45) is 8.13. The molecule has 0 amide bonds. The summed E-state index contributed by atoms with van der Waals surface area (Å²) in [4.78, 5) is 24.5. The standard InChI is InChI=1S/C31H54O6Si/c1-11-31(7,8)29(35)36-26-17-20(2)16-22-13-12-21(3)25(28(22)26)15-14-23(32)18-24(19-27(33)34)37-38(9,10)30(4,5)6/h12-13,16,20-21,23-26,28,32H,11,14-15,17-19H2,1-10H3,(H,33,34)/p-1/t20-,21-,23+,24+,25-,26-,28-/m0/s1. The average molecular weight is 550 g/mol. The summed E-state index contributed by atoms with van der Waals surface area (Å²) in [6, 6.07) is 0. The van der Waals surface area contributed by atoms with Crippen LogP contribution in [0.3, 0.4) is 0 Å². The Morgan fingerprint density at radius 1 is 1.18 bits per heavy atom. The van der Waals surface area contributed by atoms with E-state index in [1.165, 1.54) is 5.57 Å². The molecule has 7 atom stereocenters. The quantitative estimate of drug-likeness (QED) is 0.244. The van der Waals surface area contributed by atoms with Crippen LogP contribution in [0.5, 0.6) is 0 Å². The lowest BCUT2D eigenvalue weighted by molar-refractivity contribution is -0.307. The zero-order valence-electron chi connectivity index (χ0n) is 25.5. The van der Waals surface area contributed by atoms with E-state index < -0.39 is 31.9 Å². The Balaban J connectivity index is 2.16. The average Bonchev–Trinajstić information content (AvgIpc) is 2.76. The lowest BCUT2D eigenvalue weighted by Crippen LogP contribution is -2.46. The molecule has 2 aliphatic carbocycles. The summed E-state index contributed by atoms with van der Waals surface area (Å²) < 4.78 is 12.6. The van der Waals surface area contributed by atoms with Gasteiger partial charge in [0, 0.05) is 18.3 Å². The van der Waals surface area contributed by atoms with Crippen LogP contribution in [-0.4, -0.2) is 43.7 Å². The molecule has 7 heteroatoms. The molecule has 0 radical (unpaired) electrons. The Labute approximate surface area is 232 Å². The fraction of sp³-hybridized carbons (Fsp3) is 0.806. The van der Waals surface area contributed by atoms with E-state index in [0.29, 0.717) is 12.3 Å². The molecule has 0 aliphatic heterocycles. The van der Waals surface area contributed by atoms with E-state index in [1.54, 1.807) is 0 Å². The van der Waals surface area contributed by atoms with Gasteiger partial charge >= 0.3 is 5.97 Å². The number of aliphatic hydroxyl groups is 1. The molecule has 0 aromatic carbocycles. The first-order valence-corrected chi connectivity index (χ1v) is 17.5. The molecule has 0 aromatic rings. The normalized spacial score (nSPS) is 27.8. The van der Waals surface area contributed by atoms with Crippen molar-refractivity contribution in [3.63, 3.8) is 0 Å². The van der Waals surface area contributed by atoms with Gasteiger partial charge in [0.2, 0.25) is 0 Å². The number of allylic oxidation sites excluding steroid dienone is 3. The lowest BCUT2D eigenvalue weighted by Gasteiger charge is -2.44. The third-order valence-corrected chi connectivity index (χ3v) is 13.9. The van der Waals surface area contributed by atoms with E-state index in [4.69, 9.17) is 9.16 Å². The van der Waals surface area contributed by atoms with Crippen molar-refractivity contribution in [1.82, 2.24) is 0 Å². The SMILES string of the molecule is CCC(C)(C)C(=O)O[C@H]1C[C@@H](C)C=C2C=C[C@H](C)[C@H](CC[C@@H](O)C[C@H](CC(=O)[O-])O[Si](C)(C)C(C)(C)C)[C@H]21. The molecule has 0 unspecified atom stereocenters. The largest absolute Gasteiger partial charge is 0.550 e. The van der Waals surface area contributed by atoms with Crippen LogP contribution >= 0.6 is 0 Å². The highest BCUT2D eigenvalue weighted by Crippen LogP contribution is 2.45. The van der Waals surface area contributed by atoms with Crippen molar-refractivity contribution >= 4 is 20.3 Å². The molecule has 0 aromatic heterocycles. The van der Waals surface area contributed by atoms with E-state index in [0.717, 1.165) is 19.3 Å². The van der Waals surface area contributed by atoms with Gasteiger partial charge < -0.3 is 24.2 Å². The summed E-state index contributed by atoms with van der Waals surface area (Å²) in [7, 11) is -2.21. The first-order valence-electron chi connectivity index (χ1n) is 14.5. The smallest absolute Gasteiger partial charge is 0.311 e. The Morgan fingerprint density at radius 3 is 2.37 bits per heavy atom. The molecule has 38 heavy (non-hydrogen) atoms. The minimum absolute atomic E-state index is 0.0638. The van der Waals surface area contributed by atoms with Crippen molar-refractivity contribution < 1.29 is 29.0 Å². The number of aliphatic carboxylic acids is 1. The van der Waals surface area contributed by atoms with Gasteiger partial charge in [-0.2, -0.15) is 0 Å². The van der Waals surface area contributed by atoms with Crippen LogP contribution in [0, 0.1) is 29.1 Å². The maximum Gasteiger partial charge on any atom is 0.311 e. The Morgan fingerprint density at radius 2 is 1.82 bits per heavy atom. The molecule has 218 valence electrons. The van der Waals surface area contributed by atoms with Crippen LogP contribution in [0.2, 0.25) is 18.1 Å². The lowest BCUT2D eigenvalue weighted by atomic mass is 9.65. The fourth-order valence-electron chi connectivity index (χ4n) is 5.42. The van der Waals surface area contributed by atoms with E-state index in [1.807, 2.05) is 20.8 Å². The summed E-state index contributed by atoms with van der Waals surface area (Å²) in [5.41, 5.74) is 0.703. The number of ether oxygens (including phenoxy) is 1. The predicted molar refractivity (Wildman–Crippen MR) is 153 cm³/mol. The second kappa shape index (κ2) is 12.8. The Kier molecular flexibility index (Phi) is 11.1. The third kappa shape index (κ3) is 8.53. The number of hydrogen-bond donors (Lipinski definition) is 1. The molecule has 0 heterocycles. The number of hydrogen-bond acceptors (Lipinski definition) is 6. The maximum atomic E-state index is 13.0. The fourth-order valence-corrected chi connectivity index (χ4v) is 6.79. The van der Waals surface area contributed by atoms with Crippen molar-refractivity contribution in [2.75, 3.05) is 0 Å². The molecule has 0 fully saturated rings. The van der Waals surface area contributed by atoms with Gasteiger partial charge in [-0.1, -0.05) is 59.8 Å². The Bertz CT molecular complexity index is 883. The van der Waals surface area contributed by atoms with Crippen molar-refractivity contribution in [2.45, 2.75) is 130 Å². The maximum absolute atomic E-state index is 13.0. The predicted octanol–water partition coefficient (Wildman–Crippen LogP) is 5.80. The van der Waals surface area contributed by atoms with Crippen LogP contribution in [0.15, 0.2) is 23.8 Å². The number of aliphatic hydroxyl groups excluding tert-OH is 1. The highest BCUT2D eigenvalue weighted by molar-refractivity contribution is 6.74. The van der Waals surface area contributed by atoms with Crippen molar-refractivity contribution in [3.8, 4) is 0 Å². The van der Waals surface area contributed by atoms with Gasteiger partial charge in [0.25, 0.3) is 0 Å². The van der Waals surface area contributed by atoms with Crippen molar-refractivity contribution in [2.24, 2.45) is 29.1 Å². The molecule has 1 N–H and O–H groups in total. The van der Waals surface area contributed by atoms with Crippen LogP contribution in [-0.2, 0) is 18.8 Å². The summed E-state index contributed by atoms with van der Waals surface area (Å²) in [5.74, 6) is -0.383. The third-order valence-electron chi connectivity index (χ3n) is 9.32. The molecule has 2 aliphatic rings. The number of carboxylic acids is 1. The van der Waals surface area contributed by atoms with Gasteiger partial charge in [-0.15, -0.1) is 0 Å². The number of carboxylic acid groups (broad SMARTS) is 1. The first kappa shape index (κ1) is 32.8. The minimum Gasteiger partial charge on any atom is -0.550 e. The number of esters is 1. The summed E-state index contributed by atoms with van der Waals surface area (Å²) in [6.45, 7) is 20.8. The van der Waals surface area contributed by atoms with Gasteiger partial charge in [0.15, 0.2) is 8.32 Å². The van der Waals surface area contributed by atoms with Crippen molar-refractivity contribution in [1.29, 1.82) is 0 Å². The molecule has 2 rings (SSSR count). The van der Waals surface area contributed by atoms with E-state index in [-0.39, 0.29) is 47.7 Å². The van der Waals surface area contributed by atoms with E-state index in [9.17, 15) is 19.8 Å². The van der Waals surface area contributed by atoms with Gasteiger partial charge in [-0.05, 0) is 87.4 Å². The highest BCUT2D eigenvalue weighted by Gasteiger charge is 2.43. The molecular formula is C31H53O6Si-. The monoisotopic (exact) mass is 549 g/mol. The van der Waals surface area contributed by atoms with Gasteiger partial charge in [0.05, 0.1) is 17.6 Å². The summed E-state index contributed by atoms with van der Waals surface area (Å²) >= 11 is 0. The van der Waals surface area contributed by atoms with Crippen LogP contribution < -0.4 is 5.11 Å². The molecule has 0 saturated heterocycles. The van der Waals surface area contributed by atoms with E-state index >= 15 is 0 Å². The topological polar surface area (TPSA) is 95.9 Å². The summed E-state index contributed by atoms with van der Waals surface area (Å²) in [5, 5.41) is 22.4. The van der Waals surface area contributed by atoms with Gasteiger partial charge in [-0.25, -0.2) is 0 Å². The van der Waals surface area contributed by atoms with Crippen LogP contribution in [0.25, 0.3) is 0 Å². The zero-order valence-corrected chi connectivity index (χ0v) is 26.5. The van der Waals surface area contributed by atoms with E-state index in [2.05, 4.69) is 65.9 Å². The molecule has 0 saturated carbocycles. The number of carbonyl (C=O) groups excluding carboxylic acids is 2. The van der Waals surface area contributed by atoms with Gasteiger partial charge in [0.1, 0.15) is 6.10 Å². The minimum atomic E-state index is -2.21. The highest BCUT2D eigenvalue weighted by atomic mass is 28.4. The number of fused-ring (bicyclic) bond motifs is 1. The number of carbonyl (C=O) groups is 2. The Hall–Kier alpha value is -1.44. The molecule has 0 bridgehead atoms. The van der Waals surface area contributed by atoms with Gasteiger partial charge in [-0.3, -0.25) is 4.79 Å². The molecular weight excluding hydrogens is 496 g/mol. The molecule has 6 nitrogen and oxygen atoms in total. The second-order valence-electron chi connectivity index (χ2n) is 14.0. The first-order chi connectivity index (χ1) is 17.4. The second-order valence-corrected chi connectivity index (χ2v) is 18.8.